The fourth-order valence-corrected chi connectivity index (χ4v) is 2.70. The van der Waals surface area contributed by atoms with Crippen LogP contribution in [0.1, 0.15) is 5.56 Å². The molecule has 0 saturated carbocycles. The molecule has 6 nitrogen and oxygen atoms in total. The van der Waals surface area contributed by atoms with E-state index in [1.54, 1.807) is 5.01 Å². The molecule has 0 spiro atoms. The fourth-order valence-electron chi connectivity index (χ4n) is 2.70. The molecule has 0 radical (unpaired) electrons. The summed E-state index contributed by atoms with van der Waals surface area (Å²) in [7, 11) is 1.53. The van der Waals surface area contributed by atoms with Gasteiger partial charge in [-0.15, -0.1) is 0 Å². The summed E-state index contributed by atoms with van der Waals surface area (Å²) < 4.78 is 5.26. The Labute approximate surface area is 170 Å². The number of anilines is 2. The monoisotopic (exact) mass is 389 g/mol. The van der Waals surface area contributed by atoms with Crippen LogP contribution in [0, 0.1) is 0 Å². The van der Waals surface area contributed by atoms with Gasteiger partial charge in [-0.1, -0.05) is 66.7 Å². The Balaban J connectivity index is 1.60. The molecule has 29 heavy (non-hydrogen) atoms. The summed E-state index contributed by atoms with van der Waals surface area (Å²) in [5.74, 6) is -0.336. The molecule has 0 fully saturated rings. The van der Waals surface area contributed by atoms with Crippen LogP contribution in [0.4, 0.5) is 16.2 Å². The van der Waals surface area contributed by atoms with E-state index in [-0.39, 0.29) is 19.1 Å². The number of hydrazine groups is 1. The molecule has 0 aromatic heterocycles. The second kappa shape index (κ2) is 9.94. The van der Waals surface area contributed by atoms with Crippen LogP contribution < -0.4 is 10.4 Å². The number of benzene rings is 3. The lowest BCUT2D eigenvalue weighted by atomic mass is 10.2. The SMILES string of the molecule is CN(CC(=O)NN(c1ccccc1)c1ccccc1)C(=O)OCc1ccccc1. The molecule has 0 unspecified atom stereocenters. The summed E-state index contributed by atoms with van der Waals surface area (Å²) in [6, 6.07) is 28.4. The molecule has 0 saturated heterocycles. The summed E-state index contributed by atoms with van der Waals surface area (Å²) in [5, 5.41) is 1.69. The van der Waals surface area contributed by atoms with E-state index < -0.39 is 6.09 Å². The maximum atomic E-state index is 12.6. The van der Waals surface area contributed by atoms with E-state index in [4.69, 9.17) is 4.74 Å². The van der Waals surface area contributed by atoms with Crippen LogP contribution in [0.25, 0.3) is 0 Å². The van der Waals surface area contributed by atoms with Crippen LogP contribution in [-0.4, -0.2) is 30.5 Å². The van der Waals surface area contributed by atoms with Gasteiger partial charge in [0.15, 0.2) is 0 Å². The Morgan fingerprint density at radius 3 is 1.79 bits per heavy atom. The average Bonchev–Trinajstić information content (AvgIpc) is 2.77. The van der Waals surface area contributed by atoms with Crippen LogP contribution in [0.5, 0.6) is 0 Å². The molecule has 0 atom stereocenters. The molecule has 0 aliphatic rings. The molecule has 1 N–H and O–H groups in total. The van der Waals surface area contributed by atoms with E-state index in [1.165, 1.54) is 11.9 Å². The van der Waals surface area contributed by atoms with Crippen LogP contribution in [-0.2, 0) is 16.1 Å². The number of para-hydroxylation sites is 2. The van der Waals surface area contributed by atoms with Crippen molar-refractivity contribution in [1.82, 2.24) is 10.3 Å². The second-order valence-corrected chi connectivity index (χ2v) is 6.44. The van der Waals surface area contributed by atoms with Gasteiger partial charge in [-0.2, -0.15) is 0 Å². The van der Waals surface area contributed by atoms with Crippen LogP contribution >= 0.6 is 0 Å². The standard InChI is InChI=1S/C23H23N3O3/c1-25(23(28)29-18-19-11-5-2-6-12-19)17-22(27)24-26(20-13-7-3-8-14-20)21-15-9-4-10-16-21/h2-16H,17-18H2,1H3,(H,24,27). The highest BCUT2D eigenvalue weighted by Gasteiger charge is 2.17. The fraction of sp³-hybridized carbons (Fsp3) is 0.130. The molecular formula is C23H23N3O3. The molecule has 0 aliphatic carbocycles. The Bertz CT molecular complexity index is 878. The molecule has 6 heteroatoms. The topological polar surface area (TPSA) is 61.9 Å². The maximum Gasteiger partial charge on any atom is 0.410 e. The van der Waals surface area contributed by atoms with E-state index in [9.17, 15) is 9.59 Å². The molecule has 3 aromatic carbocycles. The summed E-state index contributed by atoms with van der Waals surface area (Å²) >= 11 is 0. The predicted molar refractivity (Wildman–Crippen MR) is 112 cm³/mol. The molecule has 3 aromatic rings. The first-order valence-corrected chi connectivity index (χ1v) is 9.25. The zero-order chi connectivity index (χ0) is 20.5. The number of rotatable bonds is 7. The number of hydrogen-bond donors (Lipinski definition) is 1. The highest BCUT2D eigenvalue weighted by Crippen LogP contribution is 2.22. The summed E-state index contributed by atoms with van der Waals surface area (Å²) in [5.41, 5.74) is 5.35. The normalized spacial score (nSPS) is 10.1. The van der Waals surface area contributed by atoms with E-state index in [1.807, 2.05) is 91.0 Å². The van der Waals surface area contributed by atoms with Crippen molar-refractivity contribution in [1.29, 1.82) is 0 Å². The second-order valence-electron chi connectivity index (χ2n) is 6.44. The van der Waals surface area contributed by atoms with Crippen molar-refractivity contribution in [2.45, 2.75) is 6.61 Å². The van der Waals surface area contributed by atoms with Gasteiger partial charge in [-0.25, -0.2) is 4.79 Å². The minimum absolute atomic E-state index is 0.135. The van der Waals surface area contributed by atoms with E-state index in [0.717, 1.165) is 16.9 Å². The Kier molecular flexibility index (Phi) is 6.84. The third-order valence-corrected chi connectivity index (χ3v) is 4.16. The summed E-state index contributed by atoms with van der Waals surface area (Å²) in [6.45, 7) is 0.0234. The molecule has 148 valence electrons. The molecule has 0 aliphatic heterocycles. The van der Waals surface area contributed by atoms with Gasteiger partial charge in [0.1, 0.15) is 13.2 Å². The zero-order valence-corrected chi connectivity index (χ0v) is 16.2. The molecular weight excluding hydrogens is 366 g/mol. The lowest BCUT2D eigenvalue weighted by Gasteiger charge is -2.26. The van der Waals surface area contributed by atoms with Crippen molar-refractivity contribution in [3.8, 4) is 0 Å². The highest BCUT2D eigenvalue weighted by atomic mass is 16.6. The number of carbonyl (C=O) groups is 2. The van der Waals surface area contributed by atoms with Crippen molar-refractivity contribution >= 4 is 23.4 Å². The number of nitrogens with one attached hydrogen (secondary N) is 1. The maximum absolute atomic E-state index is 12.6. The van der Waals surface area contributed by atoms with Gasteiger partial charge in [0.05, 0.1) is 11.4 Å². The minimum atomic E-state index is -0.560. The van der Waals surface area contributed by atoms with E-state index in [2.05, 4.69) is 5.43 Å². The number of nitrogens with zero attached hydrogens (tertiary/aromatic N) is 2. The van der Waals surface area contributed by atoms with Crippen molar-refractivity contribution < 1.29 is 14.3 Å². The third kappa shape index (κ3) is 5.84. The van der Waals surface area contributed by atoms with Crippen molar-refractivity contribution in [3.63, 3.8) is 0 Å². The first kappa shape index (κ1) is 19.9. The lowest BCUT2D eigenvalue weighted by Crippen LogP contribution is -2.45. The lowest BCUT2D eigenvalue weighted by molar-refractivity contribution is -0.121. The summed E-state index contributed by atoms with van der Waals surface area (Å²) in [6.07, 6.45) is -0.560. The van der Waals surface area contributed by atoms with Crippen molar-refractivity contribution in [2.75, 3.05) is 18.6 Å². The van der Waals surface area contributed by atoms with Gasteiger partial charge in [0, 0.05) is 7.05 Å². The van der Waals surface area contributed by atoms with Crippen LogP contribution in [0.15, 0.2) is 91.0 Å². The minimum Gasteiger partial charge on any atom is -0.445 e. The van der Waals surface area contributed by atoms with Crippen LogP contribution in [0.2, 0.25) is 0 Å². The quantitative estimate of drug-likeness (QED) is 0.618. The molecule has 3 rings (SSSR count). The molecule has 0 bridgehead atoms. The molecule has 2 amide bonds. The van der Waals surface area contributed by atoms with E-state index in [0.29, 0.717) is 0 Å². The van der Waals surface area contributed by atoms with Gasteiger partial charge in [-0.3, -0.25) is 15.2 Å². The van der Waals surface area contributed by atoms with Gasteiger partial charge < -0.3 is 9.64 Å². The van der Waals surface area contributed by atoms with E-state index >= 15 is 0 Å². The van der Waals surface area contributed by atoms with Gasteiger partial charge in [-0.05, 0) is 29.8 Å². The number of ether oxygens (including phenoxy) is 1. The number of hydrogen-bond acceptors (Lipinski definition) is 4. The summed E-state index contributed by atoms with van der Waals surface area (Å²) in [4.78, 5) is 26.0. The third-order valence-electron chi connectivity index (χ3n) is 4.16. The van der Waals surface area contributed by atoms with Gasteiger partial charge in [0.25, 0.3) is 5.91 Å². The largest absolute Gasteiger partial charge is 0.445 e. The zero-order valence-electron chi connectivity index (χ0n) is 16.2. The Morgan fingerprint density at radius 2 is 1.28 bits per heavy atom. The Morgan fingerprint density at radius 1 is 0.793 bits per heavy atom. The van der Waals surface area contributed by atoms with Crippen LogP contribution in [0.3, 0.4) is 0 Å². The van der Waals surface area contributed by atoms with Gasteiger partial charge in [0.2, 0.25) is 0 Å². The average molecular weight is 389 g/mol. The molecule has 0 heterocycles. The first-order valence-electron chi connectivity index (χ1n) is 9.25. The number of carbonyl (C=O) groups excluding carboxylic acids is 2. The number of amides is 2. The van der Waals surface area contributed by atoms with Gasteiger partial charge >= 0.3 is 6.09 Å². The predicted octanol–water partition coefficient (Wildman–Crippen LogP) is 4.12. The van der Waals surface area contributed by atoms with Crippen molar-refractivity contribution in [3.05, 3.63) is 96.6 Å². The first-order chi connectivity index (χ1) is 14.1. The number of likely N-dealkylation sites (N-methyl/N-ethyl adjacent to an activating group) is 1. The highest BCUT2D eigenvalue weighted by molar-refractivity contribution is 5.85. The van der Waals surface area contributed by atoms with Crippen molar-refractivity contribution in [2.24, 2.45) is 0 Å². The Hall–Kier alpha value is -3.80. The smallest absolute Gasteiger partial charge is 0.410 e.